The van der Waals surface area contributed by atoms with Crippen LogP contribution in [-0.2, 0) is 0 Å². The Morgan fingerprint density at radius 3 is 2.13 bits per heavy atom. The van der Waals surface area contributed by atoms with E-state index in [1.807, 2.05) is 12.1 Å². The molecule has 0 fully saturated rings. The van der Waals surface area contributed by atoms with Gasteiger partial charge in [-0.05, 0) is 37.6 Å². The van der Waals surface area contributed by atoms with Crippen molar-refractivity contribution in [1.29, 1.82) is 0 Å². The smallest absolute Gasteiger partial charge is 0.123 e. The van der Waals surface area contributed by atoms with Gasteiger partial charge in [0.15, 0.2) is 0 Å². The summed E-state index contributed by atoms with van der Waals surface area (Å²) in [6, 6.07) is 7.10. The summed E-state index contributed by atoms with van der Waals surface area (Å²) in [5.74, 6) is 0.482. The van der Waals surface area contributed by atoms with Gasteiger partial charge in [-0.3, -0.25) is 4.90 Å². The van der Waals surface area contributed by atoms with Gasteiger partial charge in [0, 0.05) is 12.6 Å². The first-order valence-electron chi connectivity index (χ1n) is 5.46. The monoisotopic (exact) mass is 209 g/mol. The van der Waals surface area contributed by atoms with E-state index in [1.165, 1.54) is 17.7 Å². The van der Waals surface area contributed by atoms with E-state index in [2.05, 4.69) is 32.7 Å². The molecule has 0 radical (unpaired) electrons. The largest absolute Gasteiger partial charge is 0.299 e. The molecule has 0 saturated carbocycles. The topological polar surface area (TPSA) is 3.24 Å². The molecule has 1 rings (SSSR count). The van der Waals surface area contributed by atoms with Gasteiger partial charge in [0.25, 0.3) is 0 Å². The van der Waals surface area contributed by atoms with E-state index in [0.29, 0.717) is 12.0 Å². The van der Waals surface area contributed by atoms with Crippen molar-refractivity contribution in [3.8, 4) is 0 Å². The lowest BCUT2D eigenvalue weighted by Gasteiger charge is -2.26. The van der Waals surface area contributed by atoms with Crippen LogP contribution >= 0.6 is 0 Å². The van der Waals surface area contributed by atoms with Crippen LogP contribution in [0.4, 0.5) is 4.39 Å². The van der Waals surface area contributed by atoms with Crippen LogP contribution in [0.5, 0.6) is 0 Å². The van der Waals surface area contributed by atoms with Gasteiger partial charge in [0.1, 0.15) is 5.82 Å². The van der Waals surface area contributed by atoms with E-state index >= 15 is 0 Å². The van der Waals surface area contributed by atoms with Gasteiger partial charge in [-0.1, -0.05) is 26.0 Å². The molecular weight excluding hydrogens is 189 g/mol. The first kappa shape index (κ1) is 12.2. The van der Waals surface area contributed by atoms with Crippen LogP contribution in [0.3, 0.4) is 0 Å². The highest BCUT2D eigenvalue weighted by Crippen LogP contribution is 2.19. The van der Waals surface area contributed by atoms with Gasteiger partial charge in [0.2, 0.25) is 0 Å². The van der Waals surface area contributed by atoms with Gasteiger partial charge in [-0.2, -0.15) is 0 Å². The van der Waals surface area contributed by atoms with Gasteiger partial charge < -0.3 is 0 Å². The maximum absolute atomic E-state index is 12.7. The summed E-state index contributed by atoms with van der Waals surface area (Å²) in [6.45, 7) is 7.61. The molecule has 1 unspecified atom stereocenters. The Morgan fingerprint density at radius 2 is 1.67 bits per heavy atom. The molecule has 1 atom stereocenters. The first-order chi connectivity index (χ1) is 7.00. The van der Waals surface area contributed by atoms with Crippen LogP contribution < -0.4 is 0 Å². The Morgan fingerprint density at radius 1 is 1.13 bits per heavy atom. The van der Waals surface area contributed by atoms with E-state index in [-0.39, 0.29) is 5.82 Å². The fraction of sp³-hybridized carbons (Fsp3) is 0.538. The lowest BCUT2D eigenvalue weighted by molar-refractivity contribution is 0.233. The summed E-state index contributed by atoms with van der Waals surface area (Å²) < 4.78 is 12.7. The van der Waals surface area contributed by atoms with E-state index in [1.54, 1.807) is 0 Å². The second-order valence-corrected chi connectivity index (χ2v) is 4.56. The zero-order chi connectivity index (χ0) is 11.4. The fourth-order valence-electron chi connectivity index (χ4n) is 1.73. The third-order valence-electron chi connectivity index (χ3n) is 2.67. The summed E-state index contributed by atoms with van der Waals surface area (Å²) in [7, 11) is 2.11. The molecular formula is C13H20FN. The minimum absolute atomic E-state index is 0.169. The molecule has 1 aromatic carbocycles. The van der Waals surface area contributed by atoms with Gasteiger partial charge in [-0.15, -0.1) is 0 Å². The van der Waals surface area contributed by atoms with Crippen molar-refractivity contribution in [2.75, 3.05) is 13.6 Å². The third-order valence-corrected chi connectivity index (χ3v) is 2.67. The van der Waals surface area contributed by atoms with Crippen LogP contribution in [0.2, 0.25) is 0 Å². The molecule has 0 aliphatic heterocycles. The first-order valence-corrected chi connectivity index (χ1v) is 5.46. The summed E-state index contributed by atoms with van der Waals surface area (Å²) in [5, 5.41) is 0. The van der Waals surface area contributed by atoms with Crippen molar-refractivity contribution in [3.63, 3.8) is 0 Å². The highest BCUT2D eigenvalue weighted by Gasteiger charge is 2.12. The van der Waals surface area contributed by atoms with Gasteiger partial charge in [-0.25, -0.2) is 4.39 Å². The molecule has 0 heterocycles. The average Bonchev–Trinajstić information content (AvgIpc) is 2.17. The van der Waals surface area contributed by atoms with E-state index < -0.39 is 0 Å². The lowest BCUT2D eigenvalue weighted by atomic mass is 10.1. The molecule has 0 aliphatic rings. The number of benzene rings is 1. The second-order valence-electron chi connectivity index (χ2n) is 4.56. The van der Waals surface area contributed by atoms with Crippen molar-refractivity contribution < 1.29 is 4.39 Å². The SMILES string of the molecule is CC(C)CN(C)C(C)c1ccc(F)cc1. The molecule has 1 aromatic rings. The molecule has 2 heteroatoms. The molecule has 84 valence electrons. The van der Waals surface area contributed by atoms with Gasteiger partial charge >= 0.3 is 0 Å². The average molecular weight is 209 g/mol. The predicted molar refractivity (Wildman–Crippen MR) is 62.3 cm³/mol. The minimum atomic E-state index is -0.169. The van der Waals surface area contributed by atoms with Crippen molar-refractivity contribution >= 4 is 0 Å². The number of hydrogen-bond acceptors (Lipinski definition) is 1. The van der Waals surface area contributed by atoms with Gasteiger partial charge in [0.05, 0.1) is 0 Å². The van der Waals surface area contributed by atoms with Crippen LogP contribution in [0, 0.1) is 11.7 Å². The highest BCUT2D eigenvalue weighted by atomic mass is 19.1. The Kier molecular flexibility index (Phi) is 4.28. The zero-order valence-electron chi connectivity index (χ0n) is 10.00. The van der Waals surface area contributed by atoms with E-state index in [4.69, 9.17) is 0 Å². The summed E-state index contributed by atoms with van der Waals surface area (Å²) in [6.07, 6.45) is 0. The van der Waals surface area contributed by atoms with Crippen LogP contribution in [-0.4, -0.2) is 18.5 Å². The number of rotatable bonds is 4. The predicted octanol–water partition coefficient (Wildman–Crippen LogP) is 3.47. The van der Waals surface area contributed by atoms with E-state index in [9.17, 15) is 4.39 Å². The molecule has 0 bridgehead atoms. The van der Waals surface area contributed by atoms with Crippen LogP contribution in [0.1, 0.15) is 32.4 Å². The zero-order valence-corrected chi connectivity index (χ0v) is 10.00. The van der Waals surface area contributed by atoms with Crippen molar-refractivity contribution in [2.45, 2.75) is 26.8 Å². The fourth-order valence-corrected chi connectivity index (χ4v) is 1.73. The maximum Gasteiger partial charge on any atom is 0.123 e. The van der Waals surface area contributed by atoms with Crippen molar-refractivity contribution in [2.24, 2.45) is 5.92 Å². The highest BCUT2D eigenvalue weighted by molar-refractivity contribution is 5.19. The van der Waals surface area contributed by atoms with Crippen LogP contribution in [0.25, 0.3) is 0 Å². The third kappa shape index (κ3) is 3.63. The summed E-state index contributed by atoms with van der Waals surface area (Å²) in [4.78, 5) is 2.29. The normalized spacial score (nSPS) is 13.5. The molecule has 0 aromatic heterocycles. The Balaban J connectivity index is 2.67. The standard InChI is InChI=1S/C13H20FN/c1-10(2)9-15(4)11(3)12-5-7-13(14)8-6-12/h5-8,10-11H,9H2,1-4H3. The Hall–Kier alpha value is -0.890. The summed E-state index contributed by atoms with van der Waals surface area (Å²) in [5.41, 5.74) is 1.17. The maximum atomic E-state index is 12.7. The molecule has 1 nitrogen and oxygen atoms in total. The molecule has 0 aliphatic carbocycles. The lowest BCUT2D eigenvalue weighted by Crippen LogP contribution is -2.26. The Bertz CT molecular complexity index is 292. The molecule has 0 N–H and O–H groups in total. The van der Waals surface area contributed by atoms with Crippen molar-refractivity contribution in [3.05, 3.63) is 35.6 Å². The molecule has 0 saturated heterocycles. The molecule has 15 heavy (non-hydrogen) atoms. The molecule has 0 spiro atoms. The number of nitrogens with zero attached hydrogens (tertiary/aromatic N) is 1. The second kappa shape index (κ2) is 5.26. The number of halogens is 1. The van der Waals surface area contributed by atoms with Crippen LogP contribution in [0.15, 0.2) is 24.3 Å². The van der Waals surface area contributed by atoms with E-state index in [0.717, 1.165) is 6.54 Å². The van der Waals surface area contributed by atoms with Crippen molar-refractivity contribution in [1.82, 2.24) is 4.90 Å². The quantitative estimate of drug-likeness (QED) is 0.734. The summed E-state index contributed by atoms with van der Waals surface area (Å²) >= 11 is 0. The molecule has 0 amide bonds. The minimum Gasteiger partial charge on any atom is -0.299 e. The number of hydrogen-bond donors (Lipinski definition) is 0. The Labute approximate surface area is 91.9 Å².